The molecule has 1 aliphatic rings. The standard InChI is InChI=1S/C9H17FN2O2/c10-5-6-12-7-1-3-8(4-2-7)14-9(11)13/h7-8,12H,1-6H2,(H2,11,13). The van der Waals surface area contributed by atoms with Gasteiger partial charge in [-0.1, -0.05) is 0 Å². The fourth-order valence-corrected chi connectivity index (χ4v) is 1.81. The molecule has 0 bridgehead atoms. The number of alkyl halides is 1. The van der Waals surface area contributed by atoms with Gasteiger partial charge in [0.15, 0.2) is 0 Å². The zero-order valence-corrected chi connectivity index (χ0v) is 8.17. The number of ether oxygens (including phenoxy) is 1. The van der Waals surface area contributed by atoms with E-state index < -0.39 is 6.09 Å². The predicted molar refractivity (Wildman–Crippen MR) is 50.7 cm³/mol. The van der Waals surface area contributed by atoms with Crippen LogP contribution in [0, 0.1) is 0 Å². The summed E-state index contributed by atoms with van der Waals surface area (Å²) in [6.45, 7) is 0.0731. The Morgan fingerprint density at radius 1 is 1.43 bits per heavy atom. The van der Waals surface area contributed by atoms with Crippen molar-refractivity contribution >= 4 is 6.09 Å². The molecular weight excluding hydrogens is 187 g/mol. The van der Waals surface area contributed by atoms with Crippen molar-refractivity contribution in [3.8, 4) is 0 Å². The fourth-order valence-electron chi connectivity index (χ4n) is 1.81. The average molecular weight is 204 g/mol. The Morgan fingerprint density at radius 2 is 2.07 bits per heavy atom. The smallest absolute Gasteiger partial charge is 0.404 e. The quantitative estimate of drug-likeness (QED) is 0.716. The molecule has 0 aromatic heterocycles. The first-order valence-corrected chi connectivity index (χ1v) is 4.98. The molecule has 0 aromatic carbocycles. The number of carbonyl (C=O) groups excluding carboxylic acids is 1. The molecule has 82 valence electrons. The Kier molecular flexibility index (Phi) is 4.65. The van der Waals surface area contributed by atoms with E-state index in [1.54, 1.807) is 0 Å². The van der Waals surface area contributed by atoms with Crippen LogP contribution in [0.25, 0.3) is 0 Å². The minimum absolute atomic E-state index is 0.0454. The van der Waals surface area contributed by atoms with Gasteiger partial charge in [0.25, 0.3) is 0 Å². The summed E-state index contributed by atoms with van der Waals surface area (Å²) in [5.74, 6) is 0. The van der Waals surface area contributed by atoms with Crippen molar-refractivity contribution in [1.82, 2.24) is 5.32 Å². The lowest BCUT2D eigenvalue weighted by molar-refractivity contribution is 0.0757. The second kappa shape index (κ2) is 5.80. The average Bonchev–Trinajstić information content (AvgIpc) is 2.16. The molecule has 1 saturated carbocycles. The summed E-state index contributed by atoms with van der Waals surface area (Å²) in [5.41, 5.74) is 4.91. The van der Waals surface area contributed by atoms with Gasteiger partial charge in [-0.2, -0.15) is 0 Å². The van der Waals surface area contributed by atoms with E-state index in [-0.39, 0.29) is 12.8 Å². The summed E-state index contributed by atoms with van der Waals surface area (Å²) in [6, 6.07) is 0.360. The number of halogens is 1. The number of hydrogen-bond donors (Lipinski definition) is 2. The van der Waals surface area contributed by atoms with Crippen molar-refractivity contribution in [2.45, 2.75) is 37.8 Å². The first kappa shape index (κ1) is 11.2. The summed E-state index contributed by atoms with van der Waals surface area (Å²) in [4.78, 5) is 10.5. The van der Waals surface area contributed by atoms with Crippen molar-refractivity contribution in [3.05, 3.63) is 0 Å². The Bertz CT molecular complexity index is 182. The molecule has 0 unspecified atom stereocenters. The third kappa shape index (κ3) is 3.91. The van der Waals surface area contributed by atoms with Gasteiger partial charge in [0, 0.05) is 12.6 Å². The van der Waals surface area contributed by atoms with Crippen LogP contribution in [0.1, 0.15) is 25.7 Å². The molecule has 4 nitrogen and oxygen atoms in total. The fraction of sp³-hybridized carbons (Fsp3) is 0.889. The third-order valence-corrected chi connectivity index (χ3v) is 2.48. The Morgan fingerprint density at radius 3 is 2.57 bits per heavy atom. The van der Waals surface area contributed by atoms with Crippen molar-refractivity contribution in [2.75, 3.05) is 13.2 Å². The van der Waals surface area contributed by atoms with E-state index in [0.717, 1.165) is 25.7 Å². The number of carbonyl (C=O) groups is 1. The topological polar surface area (TPSA) is 64.4 Å². The molecule has 1 aliphatic carbocycles. The molecule has 0 aliphatic heterocycles. The lowest BCUT2D eigenvalue weighted by Crippen LogP contribution is -2.37. The molecule has 0 radical (unpaired) electrons. The molecule has 1 rings (SSSR count). The maximum atomic E-state index is 11.8. The second-order valence-corrected chi connectivity index (χ2v) is 3.55. The van der Waals surface area contributed by atoms with Gasteiger partial charge in [-0.05, 0) is 25.7 Å². The highest BCUT2D eigenvalue weighted by molar-refractivity contribution is 5.64. The van der Waals surface area contributed by atoms with Crippen LogP contribution in [0.3, 0.4) is 0 Å². The normalized spacial score (nSPS) is 27.2. The van der Waals surface area contributed by atoms with E-state index in [9.17, 15) is 9.18 Å². The second-order valence-electron chi connectivity index (χ2n) is 3.55. The lowest BCUT2D eigenvalue weighted by Gasteiger charge is -2.28. The van der Waals surface area contributed by atoms with Crippen LogP contribution in [-0.2, 0) is 4.74 Å². The monoisotopic (exact) mass is 204 g/mol. The van der Waals surface area contributed by atoms with Crippen molar-refractivity contribution in [2.24, 2.45) is 5.73 Å². The number of rotatable bonds is 4. The van der Waals surface area contributed by atoms with Gasteiger partial charge >= 0.3 is 6.09 Å². The zero-order valence-electron chi connectivity index (χ0n) is 8.17. The Hall–Kier alpha value is -0.840. The summed E-state index contributed by atoms with van der Waals surface area (Å²) in [5, 5.41) is 3.10. The highest BCUT2D eigenvalue weighted by atomic mass is 19.1. The maximum absolute atomic E-state index is 11.8. The van der Waals surface area contributed by atoms with Crippen LogP contribution in [0.4, 0.5) is 9.18 Å². The van der Waals surface area contributed by atoms with Gasteiger partial charge in [-0.25, -0.2) is 9.18 Å². The molecule has 0 atom stereocenters. The molecule has 5 heteroatoms. The van der Waals surface area contributed by atoms with Crippen LogP contribution in [-0.4, -0.2) is 31.5 Å². The lowest BCUT2D eigenvalue weighted by atomic mass is 9.93. The van der Waals surface area contributed by atoms with Gasteiger partial charge in [-0.15, -0.1) is 0 Å². The maximum Gasteiger partial charge on any atom is 0.404 e. The van der Waals surface area contributed by atoms with Gasteiger partial charge in [0.05, 0.1) is 0 Å². The Balaban J connectivity index is 2.14. The molecule has 1 amide bonds. The van der Waals surface area contributed by atoms with E-state index >= 15 is 0 Å². The van der Waals surface area contributed by atoms with E-state index in [1.165, 1.54) is 0 Å². The summed E-state index contributed by atoms with van der Waals surface area (Å²) < 4.78 is 16.7. The SMILES string of the molecule is NC(=O)OC1CCC(NCCF)CC1. The van der Waals surface area contributed by atoms with Crippen LogP contribution >= 0.6 is 0 Å². The van der Waals surface area contributed by atoms with Gasteiger partial charge in [-0.3, -0.25) is 0 Å². The minimum Gasteiger partial charge on any atom is -0.446 e. The number of nitrogens with two attached hydrogens (primary N) is 1. The van der Waals surface area contributed by atoms with Crippen LogP contribution in [0.2, 0.25) is 0 Å². The molecule has 3 N–H and O–H groups in total. The van der Waals surface area contributed by atoms with E-state index in [0.29, 0.717) is 12.6 Å². The van der Waals surface area contributed by atoms with Crippen molar-refractivity contribution in [3.63, 3.8) is 0 Å². The van der Waals surface area contributed by atoms with Crippen LogP contribution < -0.4 is 11.1 Å². The van der Waals surface area contributed by atoms with Crippen LogP contribution in [0.15, 0.2) is 0 Å². The van der Waals surface area contributed by atoms with Gasteiger partial charge in [0.1, 0.15) is 12.8 Å². The predicted octanol–water partition coefficient (Wildman–Crippen LogP) is 0.952. The highest BCUT2D eigenvalue weighted by Gasteiger charge is 2.22. The largest absolute Gasteiger partial charge is 0.446 e. The first-order chi connectivity index (χ1) is 6.72. The third-order valence-electron chi connectivity index (χ3n) is 2.48. The molecule has 0 aromatic rings. The van der Waals surface area contributed by atoms with E-state index in [2.05, 4.69) is 5.32 Å². The first-order valence-electron chi connectivity index (χ1n) is 4.98. The Labute approximate surface area is 83.0 Å². The highest BCUT2D eigenvalue weighted by Crippen LogP contribution is 2.20. The summed E-state index contributed by atoms with van der Waals surface area (Å²) in [6.07, 6.45) is 2.71. The molecule has 0 spiro atoms. The molecular formula is C9H17FN2O2. The van der Waals surface area contributed by atoms with Gasteiger partial charge in [0.2, 0.25) is 0 Å². The summed E-state index contributed by atoms with van der Waals surface area (Å²) >= 11 is 0. The molecule has 0 heterocycles. The van der Waals surface area contributed by atoms with E-state index in [4.69, 9.17) is 10.5 Å². The van der Waals surface area contributed by atoms with Crippen molar-refractivity contribution < 1.29 is 13.9 Å². The summed E-state index contributed by atoms with van der Waals surface area (Å²) in [7, 11) is 0. The number of amides is 1. The van der Waals surface area contributed by atoms with Crippen molar-refractivity contribution in [1.29, 1.82) is 0 Å². The number of nitrogens with one attached hydrogen (secondary N) is 1. The molecule has 14 heavy (non-hydrogen) atoms. The number of primary amides is 1. The van der Waals surface area contributed by atoms with E-state index in [1.807, 2.05) is 0 Å². The minimum atomic E-state index is -0.704. The molecule has 0 saturated heterocycles. The van der Waals surface area contributed by atoms with Gasteiger partial charge < -0.3 is 15.8 Å². The van der Waals surface area contributed by atoms with Crippen LogP contribution in [0.5, 0.6) is 0 Å². The number of hydrogen-bond acceptors (Lipinski definition) is 3. The molecule has 1 fully saturated rings. The zero-order chi connectivity index (χ0) is 10.4.